The molecule has 0 saturated heterocycles. The van der Waals surface area contributed by atoms with Gasteiger partial charge in [-0.15, -0.1) is 21.5 Å². The standard InChI is InChI=1S/C11H10N6O2S/c1-6(10-15-7(4-20-10)11(18)19)14-8-9-16-13-5-17(9)3-2-12-8/h2-6H,1H3,(H,12,14)(H,18,19). The Morgan fingerprint density at radius 1 is 1.55 bits per heavy atom. The molecule has 1 unspecified atom stereocenters. The zero-order valence-electron chi connectivity index (χ0n) is 10.4. The lowest BCUT2D eigenvalue weighted by atomic mass is 10.3. The molecule has 3 aromatic heterocycles. The Balaban J connectivity index is 1.86. The van der Waals surface area contributed by atoms with Gasteiger partial charge in [0.15, 0.2) is 11.5 Å². The van der Waals surface area contributed by atoms with Gasteiger partial charge in [-0.2, -0.15) is 0 Å². The van der Waals surface area contributed by atoms with E-state index in [0.717, 1.165) is 0 Å². The summed E-state index contributed by atoms with van der Waals surface area (Å²) in [4.78, 5) is 19.1. The Labute approximate surface area is 117 Å². The van der Waals surface area contributed by atoms with Crippen molar-refractivity contribution in [3.8, 4) is 0 Å². The van der Waals surface area contributed by atoms with Crippen molar-refractivity contribution in [2.24, 2.45) is 0 Å². The number of anilines is 1. The monoisotopic (exact) mass is 290 g/mol. The van der Waals surface area contributed by atoms with Gasteiger partial charge in [-0.1, -0.05) is 0 Å². The minimum atomic E-state index is -1.03. The number of carboxylic acids is 1. The molecule has 9 heteroatoms. The van der Waals surface area contributed by atoms with E-state index in [9.17, 15) is 4.79 Å². The van der Waals surface area contributed by atoms with Gasteiger partial charge < -0.3 is 10.4 Å². The molecular formula is C11H10N6O2S. The van der Waals surface area contributed by atoms with E-state index in [0.29, 0.717) is 16.5 Å². The van der Waals surface area contributed by atoms with Crippen LogP contribution in [0.2, 0.25) is 0 Å². The van der Waals surface area contributed by atoms with Gasteiger partial charge in [0.05, 0.1) is 6.04 Å². The molecule has 3 heterocycles. The van der Waals surface area contributed by atoms with Crippen LogP contribution in [0, 0.1) is 0 Å². The van der Waals surface area contributed by atoms with E-state index in [2.05, 4.69) is 25.5 Å². The molecule has 3 rings (SSSR count). The van der Waals surface area contributed by atoms with Gasteiger partial charge in [0.1, 0.15) is 11.3 Å². The minimum Gasteiger partial charge on any atom is -0.476 e. The van der Waals surface area contributed by atoms with E-state index in [1.54, 1.807) is 23.1 Å². The number of hydrogen-bond acceptors (Lipinski definition) is 7. The van der Waals surface area contributed by atoms with E-state index in [1.807, 2.05) is 6.92 Å². The number of aromatic nitrogens is 5. The third kappa shape index (κ3) is 2.18. The maximum Gasteiger partial charge on any atom is 0.355 e. The smallest absolute Gasteiger partial charge is 0.355 e. The fourth-order valence-electron chi connectivity index (χ4n) is 1.71. The minimum absolute atomic E-state index is 0.0484. The number of hydrogen-bond donors (Lipinski definition) is 2. The highest BCUT2D eigenvalue weighted by Crippen LogP contribution is 2.23. The number of aromatic carboxylic acids is 1. The lowest BCUT2D eigenvalue weighted by Gasteiger charge is -2.11. The van der Waals surface area contributed by atoms with Gasteiger partial charge in [0.25, 0.3) is 0 Å². The number of thiazole rings is 1. The maximum atomic E-state index is 10.8. The van der Waals surface area contributed by atoms with Gasteiger partial charge in [-0.05, 0) is 6.92 Å². The van der Waals surface area contributed by atoms with Crippen molar-refractivity contribution in [3.63, 3.8) is 0 Å². The molecule has 0 bridgehead atoms. The molecule has 0 radical (unpaired) electrons. The van der Waals surface area contributed by atoms with Gasteiger partial charge >= 0.3 is 5.97 Å². The summed E-state index contributed by atoms with van der Waals surface area (Å²) in [7, 11) is 0. The number of fused-ring (bicyclic) bond motifs is 1. The second-order valence-electron chi connectivity index (χ2n) is 4.08. The maximum absolute atomic E-state index is 10.8. The molecule has 0 aromatic carbocycles. The Bertz CT molecular complexity index is 767. The molecule has 0 aliphatic rings. The van der Waals surface area contributed by atoms with Gasteiger partial charge in [0.2, 0.25) is 5.65 Å². The van der Waals surface area contributed by atoms with Crippen LogP contribution in [0.5, 0.6) is 0 Å². The number of nitrogens with zero attached hydrogens (tertiary/aromatic N) is 5. The summed E-state index contributed by atoms with van der Waals surface area (Å²) in [6.07, 6.45) is 4.96. The second-order valence-corrected chi connectivity index (χ2v) is 4.97. The van der Waals surface area contributed by atoms with E-state index in [1.165, 1.54) is 16.7 Å². The SMILES string of the molecule is CC(Nc1nccn2cnnc12)c1nc(C(=O)O)cs1. The van der Waals surface area contributed by atoms with Crippen LogP contribution in [0.15, 0.2) is 24.1 Å². The number of nitrogens with one attached hydrogen (secondary N) is 1. The first-order valence-electron chi connectivity index (χ1n) is 5.75. The van der Waals surface area contributed by atoms with E-state index in [-0.39, 0.29) is 11.7 Å². The average Bonchev–Trinajstić information content (AvgIpc) is 3.08. The number of rotatable bonds is 4. The molecule has 0 aliphatic heterocycles. The quantitative estimate of drug-likeness (QED) is 0.749. The first-order chi connectivity index (χ1) is 9.65. The fraction of sp³-hybridized carbons (Fsp3) is 0.182. The zero-order valence-corrected chi connectivity index (χ0v) is 11.2. The molecule has 0 aliphatic carbocycles. The summed E-state index contributed by atoms with van der Waals surface area (Å²) in [6, 6.07) is -0.177. The van der Waals surface area contributed by atoms with Crippen molar-refractivity contribution in [1.29, 1.82) is 0 Å². The van der Waals surface area contributed by atoms with Crippen molar-refractivity contribution < 1.29 is 9.90 Å². The summed E-state index contributed by atoms with van der Waals surface area (Å²) in [5.41, 5.74) is 0.654. The average molecular weight is 290 g/mol. The molecule has 102 valence electrons. The van der Waals surface area contributed by atoms with Gasteiger partial charge in [0, 0.05) is 17.8 Å². The Hall–Kier alpha value is -2.55. The highest BCUT2D eigenvalue weighted by atomic mass is 32.1. The lowest BCUT2D eigenvalue weighted by molar-refractivity contribution is 0.0691. The highest BCUT2D eigenvalue weighted by Gasteiger charge is 2.15. The first kappa shape index (κ1) is 12.5. The third-order valence-electron chi connectivity index (χ3n) is 2.68. The highest BCUT2D eigenvalue weighted by molar-refractivity contribution is 7.09. The van der Waals surface area contributed by atoms with Crippen molar-refractivity contribution in [2.45, 2.75) is 13.0 Å². The third-order valence-corrected chi connectivity index (χ3v) is 3.71. The topological polar surface area (TPSA) is 105 Å². The van der Waals surface area contributed by atoms with Crippen molar-refractivity contribution in [3.05, 3.63) is 34.8 Å². The molecule has 0 spiro atoms. The Morgan fingerprint density at radius 2 is 2.40 bits per heavy atom. The molecule has 20 heavy (non-hydrogen) atoms. The Morgan fingerprint density at radius 3 is 3.15 bits per heavy atom. The van der Waals surface area contributed by atoms with Crippen LogP contribution in [-0.2, 0) is 0 Å². The van der Waals surface area contributed by atoms with Crippen LogP contribution in [-0.4, -0.2) is 35.6 Å². The number of carboxylic acid groups (broad SMARTS) is 1. The molecule has 1 atom stereocenters. The number of carbonyl (C=O) groups is 1. The molecule has 3 aromatic rings. The van der Waals surface area contributed by atoms with Crippen LogP contribution < -0.4 is 5.32 Å². The second kappa shape index (κ2) is 4.85. The predicted octanol–water partition coefficient (Wildman–Crippen LogP) is 1.45. The largest absolute Gasteiger partial charge is 0.476 e. The summed E-state index contributed by atoms with van der Waals surface area (Å²) >= 11 is 1.29. The normalized spacial score (nSPS) is 12.4. The summed E-state index contributed by atoms with van der Waals surface area (Å²) < 4.78 is 1.74. The predicted molar refractivity (Wildman–Crippen MR) is 71.9 cm³/mol. The van der Waals surface area contributed by atoms with Crippen LogP contribution in [0.4, 0.5) is 5.82 Å². The zero-order chi connectivity index (χ0) is 14.1. The summed E-state index contributed by atoms with van der Waals surface area (Å²) in [5.74, 6) is -0.457. The molecule has 8 nitrogen and oxygen atoms in total. The molecule has 0 amide bonds. The first-order valence-corrected chi connectivity index (χ1v) is 6.62. The Kier molecular flexibility index (Phi) is 3.03. The van der Waals surface area contributed by atoms with Crippen LogP contribution in [0.25, 0.3) is 5.65 Å². The van der Waals surface area contributed by atoms with Crippen molar-refractivity contribution >= 4 is 28.8 Å². The lowest BCUT2D eigenvalue weighted by Crippen LogP contribution is -2.09. The fourth-order valence-corrected chi connectivity index (χ4v) is 2.51. The van der Waals surface area contributed by atoms with E-state index in [4.69, 9.17) is 5.11 Å². The molecule has 0 saturated carbocycles. The van der Waals surface area contributed by atoms with Gasteiger partial charge in [-0.3, -0.25) is 4.40 Å². The van der Waals surface area contributed by atoms with Crippen LogP contribution >= 0.6 is 11.3 Å². The van der Waals surface area contributed by atoms with Crippen LogP contribution in [0.3, 0.4) is 0 Å². The van der Waals surface area contributed by atoms with E-state index >= 15 is 0 Å². The molecule has 2 N–H and O–H groups in total. The molecule has 0 fully saturated rings. The summed E-state index contributed by atoms with van der Waals surface area (Å²) in [6.45, 7) is 1.88. The van der Waals surface area contributed by atoms with E-state index < -0.39 is 5.97 Å². The van der Waals surface area contributed by atoms with Gasteiger partial charge in [-0.25, -0.2) is 14.8 Å². The van der Waals surface area contributed by atoms with Crippen molar-refractivity contribution in [2.75, 3.05) is 5.32 Å². The molecular weight excluding hydrogens is 280 g/mol. The summed E-state index contributed by atoms with van der Waals surface area (Å²) in [5, 5.41) is 22.0. The van der Waals surface area contributed by atoms with Crippen molar-refractivity contribution in [1.82, 2.24) is 24.6 Å². The van der Waals surface area contributed by atoms with Crippen LogP contribution in [0.1, 0.15) is 28.5 Å².